The minimum Gasteiger partial charge on any atom is -0.507 e. The van der Waals surface area contributed by atoms with Crippen LogP contribution in [0.15, 0.2) is 66.3 Å². The van der Waals surface area contributed by atoms with Gasteiger partial charge in [-0.05, 0) is 18.2 Å². The van der Waals surface area contributed by atoms with Gasteiger partial charge in [0.2, 0.25) is 0 Å². The van der Waals surface area contributed by atoms with Crippen LogP contribution in [-0.2, 0) is 4.79 Å². The van der Waals surface area contributed by atoms with Crippen LogP contribution in [0.1, 0.15) is 33.3 Å². The number of nitrogens with zero attached hydrogens (tertiary/aromatic N) is 1. The molecule has 0 aliphatic heterocycles. The first-order valence-electron chi connectivity index (χ1n) is 7.69. The van der Waals surface area contributed by atoms with E-state index in [9.17, 15) is 9.90 Å². The summed E-state index contributed by atoms with van der Waals surface area (Å²) in [5.74, 6) is -0.0254. The van der Waals surface area contributed by atoms with Gasteiger partial charge in [-0.25, -0.2) is 0 Å². The molecule has 1 aromatic carbocycles. The summed E-state index contributed by atoms with van der Waals surface area (Å²) in [5, 5.41) is 12.4. The second-order valence-electron chi connectivity index (χ2n) is 3.60. The SMILES string of the molecule is C=CC(=O)/C(C=C)=C\NC/N=C/c1ccccc1O.CC.CC. The zero-order valence-electron chi connectivity index (χ0n) is 14.5. The van der Waals surface area contributed by atoms with Crippen molar-refractivity contribution >= 4 is 12.0 Å². The van der Waals surface area contributed by atoms with E-state index in [1.165, 1.54) is 18.4 Å². The number of rotatable bonds is 7. The lowest BCUT2D eigenvalue weighted by Crippen LogP contribution is -2.08. The summed E-state index contributed by atoms with van der Waals surface area (Å²) in [6.45, 7) is 15.2. The van der Waals surface area contributed by atoms with Gasteiger partial charge in [0.25, 0.3) is 0 Å². The van der Waals surface area contributed by atoms with Gasteiger partial charge in [0.1, 0.15) is 12.4 Å². The number of benzene rings is 1. The maximum atomic E-state index is 11.3. The number of ketones is 1. The standard InChI is InChI=1S/C15H16N2O2.2C2H6/c1-3-12(14(18)4-2)9-16-11-17-10-13-7-5-6-8-15(13)19;2*1-2/h3-10,16,19H,1-2,11H2;2*1-2H3/b12-9-,17-10+;;. The van der Waals surface area contributed by atoms with Crippen molar-refractivity contribution in [1.29, 1.82) is 0 Å². The molecule has 0 aromatic heterocycles. The fourth-order valence-corrected chi connectivity index (χ4v) is 1.30. The molecule has 0 amide bonds. The number of aliphatic imine (C=N–C) groups is 1. The first kappa shape index (κ1) is 22.7. The molecule has 0 saturated heterocycles. The number of carbonyl (C=O) groups excluding carboxylic acids is 1. The molecule has 1 aromatic rings. The van der Waals surface area contributed by atoms with E-state index in [1.807, 2.05) is 33.8 Å². The first-order valence-corrected chi connectivity index (χ1v) is 7.69. The predicted molar refractivity (Wildman–Crippen MR) is 99.9 cm³/mol. The Labute approximate surface area is 140 Å². The van der Waals surface area contributed by atoms with Crippen molar-refractivity contribution < 1.29 is 9.90 Å². The van der Waals surface area contributed by atoms with Gasteiger partial charge in [-0.2, -0.15) is 0 Å². The number of phenols is 1. The zero-order chi connectivity index (χ0) is 18.1. The van der Waals surface area contributed by atoms with Gasteiger partial charge in [0, 0.05) is 23.6 Å². The van der Waals surface area contributed by atoms with Crippen LogP contribution in [0.3, 0.4) is 0 Å². The van der Waals surface area contributed by atoms with E-state index in [-0.39, 0.29) is 18.2 Å². The average Bonchev–Trinajstić information content (AvgIpc) is 2.62. The largest absolute Gasteiger partial charge is 0.507 e. The topological polar surface area (TPSA) is 61.7 Å². The normalized spacial score (nSPS) is 9.83. The van der Waals surface area contributed by atoms with Crippen molar-refractivity contribution in [2.24, 2.45) is 4.99 Å². The lowest BCUT2D eigenvalue weighted by Gasteiger charge is -1.99. The number of phenolic OH excluding ortho intramolecular Hbond substituents is 1. The molecule has 126 valence electrons. The smallest absolute Gasteiger partial charge is 0.186 e. The maximum absolute atomic E-state index is 11.3. The van der Waals surface area contributed by atoms with Crippen LogP contribution < -0.4 is 5.32 Å². The van der Waals surface area contributed by atoms with Gasteiger partial charge < -0.3 is 10.4 Å². The van der Waals surface area contributed by atoms with Crippen LogP contribution >= 0.6 is 0 Å². The zero-order valence-corrected chi connectivity index (χ0v) is 14.5. The molecule has 0 spiro atoms. The molecule has 0 radical (unpaired) electrons. The molecule has 23 heavy (non-hydrogen) atoms. The minimum atomic E-state index is -0.202. The Bertz CT molecular complexity index is 532. The second kappa shape index (κ2) is 15.8. The molecule has 4 heteroatoms. The molecular formula is C19H28N2O2. The predicted octanol–water partition coefficient (Wildman–Crippen LogP) is 4.24. The Morgan fingerprint density at radius 2 is 1.78 bits per heavy atom. The van der Waals surface area contributed by atoms with Crippen molar-refractivity contribution in [3.05, 3.63) is 66.9 Å². The summed E-state index contributed by atoms with van der Waals surface area (Å²) in [6.07, 6.45) is 5.75. The van der Waals surface area contributed by atoms with Crippen LogP contribution in [0, 0.1) is 0 Å². The Balaban J connectivity index is 0. The third-order valence-corrected chi connectivity index (χ3v) is 2.30. The van der Waals surface area contributed by atoms with E-state index in [0.717, 1.165) is 0 Å². The maximum Gasteiger partial charge on any atom is 0.186 e. The summed E-state index contributed by atoms with van der Waals surface area (Å²) in [6, 6.07) is 6.90. The number of hydrogen-bond acceptors (Lipinski definition) is 4. The lowest BCUT2D eigenvalue weighted by atomic mass is 10.2. The Morgan fingerprint density at radius 1 is 1.17 bits per heavy atom. The summed E-state index contributed by atoms with van der Waals surface area (Å²) in [5.41, 5.74) is 1.06. The molecule has 0 bridgehead atoms. The first-order chi connectivity index (χ1) is 11.2. The van der Waals surface area contributed by atoms with E-state index in [1.54, 1.807) is 24.4 Å². The number of aromatic hydroxyl groups is 1. The fraction of sp³-hybridized carbons (Fsp3) is 0.263. The Kier molecular flexibility index (Phi) is 15.5. The Hall–Kier alpha value is -2.62. The van der Waals surface area contributed by atoms with Gasteiger partial charge >= 0.3 is 0 Å². The monoisotopic (exact) mass is 316 g/mol. The number of allylic oxidation sites excluding steroid dienone is 3. The minimum absolute atomic E-state index is 0.176. The lowest BCUT2D eigenvalue weighted by molar-refractivity contribution is -0.111. The van der Waals surface area contributed by atoms with Crippen LogP contribution in [0.5, 0.6) is 5.75 Å². The fourth-order valence-electron chi connectivity index (χ4n) is 1.30. The number of carbonyl (C=O) groups is 1. The van der Waals surface area contributed by atoms with Crippen LogP contribution in [0.25, 0.3) is 0 Å². The quantitative estimate of drug-likeness (QED) is 0.342. The van der Waals surface area contributed by atoms with Crippen molar-refractivity contribution in [2.75, 3.05) is 6.67 Å². The highest BCUT2D eigenvalue weighted by Crippen LogP contribution is 2.12. The number of nitrogens with one attached hydrogen (secondary N) is 1. The molecule has 0 aliphatic carbocycles. The van der Waals surface area contributed by atoms with Crippen LogP contribution in [0.2, 0.25) is 0 Å². The molecule has 2 N–H and O–H groups in total. The third-order valence-electron chi connectivity index (χ3n) is 2.30. The van der Waals surface area contributed by atoms with E-state index in [4.69, 9.17) is 0 Å². The molecule has 0 saturated carbocycles. The molecule has 1 rings (SSSR count). The molecule has 0 fully saturated rings. The number of para-hydroxylation sites is 1. The number of hydrogen-bond donors (Lipinski definition) is 2. The highest BCUT2D eigenvalue weighted by Gasteiger charge is 1.98. The van der Waals surface area contributed by atoms with E-state index in [0.29, 0.717) is 11.1 Å². The van der Waals surface area contributed by atoms with Gasteiger partial charge in [-0.3, -0.25) is 9.79 Å². The van der Waals surface area contributed by atoms with Crippen LogP contribution in [-0.4, -0.2) is 23.8 Å². The van der Waals surface area contributed by atoms with Gasteiger partial charge in [0.05, 0.1) is 0 Å². The van der Waals surface area contributed by atoms with E-state index in [2.05, 4.69) is 23.5 Å². The summed E-state index contributed by atoms with van der Waals surface area (Å²) in [7, 11) is 0. The highest BCUT2D eigenvalue weighted by atomic mass is 16.3. The molecule has 0 aliphatic rings. The molecule has 0 heterocycles. The van der Waals surface area contributed by atoms with Gasteiger partial charge in [0.15, 0.2) is 5.78 Å². The third kappa shape index (κ3) is 9.85. The molecule has 4 nitrogen and oxygen atoms in total. The summed E-state index contributed by atoms with van der Waals surface area (Å²) >= 11 is 0. The second-order valence-corrected chi connectivity index (χ2v) is 3.60. The van der Waals surface area contributed by atoms with Crippen molar-refractivity contribution in [3.63, 3.8) is 0 Å². The molecule has 0 atom stereocenters. The van der Waals surface area contributed by atoms with Crippen molar-refractivity contribution in [1.82, 2.24) is 5.32 Å². The molecular weight excluding hydrogens is 288 g/mol. The van der Waals surface area contributed by atoms with E-state index >= 15 is 0 Å². The van der Waals surface area contributed by atoms with E-state index < -0.39 is 0 Å². The average molecular weight is 316 g/mol. The molecule has 0 unspecified atom stereocenters. The summed E-state index contributed by atoms with van der Waals surface area (Å²) < 4.78 is 0. The summed E-state index contributed by atoms with van der Waals surface area (Å²) in [4.78, 5) is 15.4. The van der Waals surface area contributed by atoms with Crippen molar-refractivity contribution in [3.8, 4) is 5.75 Å². The van der Waals surface area contributed by atoms with Gasteiger partial charge in [-0.1, -0.05) is 59.1 Å². The van der Waals surface area contributed by atoms with Gasteiger partial charge in [-0.15, -0.1) is 0 Å². The van der Waals surface area contributed by atoms with Crippen LogP contribution in [0.4, 0.5) is 0 Å². The highest BCUT2D eigenvalue weighted by molar-refractivity contribution is 6.05. The van der Waals surface area contributed by atoms with Crippen molar-refractivity contribution in [2.45, 2.75) is 27.7 Å². The Morgan fingerprint density at radius 3 is 2.30 bits per heavy atom.